The molecular weight excluding hydrogens is 363 g/mol. The van der Waals surface area contributed by atoms with E-state index in [1.807, 2.05) is 16.7 Å². The van der Waals surface area contributed by atoms with E-state index in [4.69, 9.17) is 5.11 Å². The number of carboxylic acids is 1. The minimum atomic E-state index is -0.813. The van der Waals surface area contributed by atoms with Crippen molar-refractivity contribution in [1.82, 2.24) is 15.1 Å². The topological polar surface area (TPSA) is 84.9 Å². The average molecular weight is 392 g/mol. The summed E-state index contributed by atoms with van der Waals surface area (Å²) in [7, 11) is 0. The van der Waals surface area contributed by atoms with Gasteiger partial charge in [-0.15, -0.1) is 0 Å². The lowest BCUT2D eigenvalue weighted by atomic mass is 9.85. The predicted octanol–water partition coefficient (Wildman–Crippen LogP) is 2.35. The molecule has 0 atom stereocenters. The number of carboxylic acid groups (broad SMARTS) is 1. The van der Waals surface area contributed by atoms with Gasteiger partial charge in [-0.05, 0) is 56.5 Å². The first kappa shape index (κ1) is 20.4. The van der Waals surface area contributed by atoms with Gasteiger partial charge in [0, 0.05) is 36.9 Å². The van der Waals surface area contributed by atoms with Gasteiger partial charge in [-0.25, -0.2) is 9.18 Å². The first-order chi connectivity index (χ1) is 13.4. The minimum absolute atomic E-state index is 0.0371. The molecule has 1 aromatic carbocycles. The summed E-state index contributed by atoms with van der Waals surface area (Å²) >= 11 is 0. The molecule has 3 rings (SSSR count). The molecule has 0 bridgehead atoms. The molecule has 2 amide bonds. The number of amides is 2. The largest absolute Gasteiger partial charge is 0.480 e. The summed E-state index contributed by atoms with van der Waals surface area (Å²) in [6, 6.07) is 6.92. The molecule has 2 aliphatic rings. The molecule has 1 aliphatic heterocycles. The summed E-state index contributed by atoms with van der Waals surface area (Å²) in [5.74, 6) is -1.06. The third-order valence-corrected chi connectivity index (χ3v) is 5.70. The number of rotatable bonds is 7. The van der Waals surface area contributed by atoms with Crippen LogP contribution in [0.2, 0.25) is 0 Å². The number of carbonyl (C=O) groups excluding carboxylic acids is 1. The number of halogens is 1. The Morgan fingerprint density at radius 3 is 2.39 bits per heavy atom. The fourth-order valence-electron chi connectivity index (χ4n) is 3.95. The monoisotopic (exact) mass is 392 g/mol. The number of aliphatic carboxylic acids is 1. The van der Waals surface area contributed by atoms with E-state index in [1.54, 1.807) is 12.1 Å². The molecule has 2 fully saturated rings. The van der Waals surface area contributed by atoms with E-state index in [0.717, 1.165) is 31.4 Å². The predicted molar refractivity (Wildman–Crippen MR) is 105 cm³/mol. The van der Waals surface area contributed by atoms with Crippen LogP contribution < -0.4 is 10.6 Å². The van der Waals surface area contributed by atoms with Gasteiger partial charge < -0.3 is 20.6 Å². The quantitative estimate of drug-likeness (QED) is 0.663. The molecule has 1 aliphatic carbocycles. The van der Waals surface area contributed by atoms with E-state index >= 15 is 0 Å². The number of nitrogens with one attached hydrogen (secondary N) is 2. The number of hydrogen-bond donors (Lipinski definition) is 3. The van der Waals surface area contributed by atoms with E-state index < -0.39 is 5.97 Å². The Balaban J connectivity index is 1.36. The SMILES string of the molecule is CCN(CC(=O)O)C1CC(NC(=O)N2CCC(Nc3ccc(F)cc3)CC2)C1. The fraction of sp³-hybridized carbons (Fsp3) is 0.600. The van der Waals surface area contributed by atoms with Gasteiger partial charge in [-0.2, -0.15) is 0 Å². The second kappa shape index (κ2) is 9.23. The van der Waals surface area contributed by atoms with Gasteiger partial charge in [0.1, 0.15) is 5.82 Å². The first-order valence-electron chi connectivity index (χ1n) is 9.98. The minimum Gasteiger partial charge on any atom is -0.480 e. The lowest BCUT2D eigenvalue weighted by Crippen LogP contribution is -2.57. The highest BCUT2D eigenvalue weighted by molar-refractivity contribution is 5.75. The highest BCUT2D eigenvalue weighted by atomic mass is 19.1. The number of benzene rings is 1. The van der Waals surface area contributed by atoms with Crippen LogP contribution in [0.3, 0.4) is 0 Å². The fourth-order valence-corrected chi connectivity index (χ4v) is 3.95. The van der Waals surface area contributed by atoms with Gasteiger partial charge in [0.05, 0.1) is 6.54 Å². The summed E-state index contributed by atoms with van der Waals surface area (Å²) in [5.41, 5.74) is 0.895. The van der Waals surface area contributed by atoms with Crippen LogP contribution in [0.15, 0.2) is 24.3 Å². The van der Waals surface area contributed by atoms with Crippen LogP contribution in [0.25, 0.3) is 0 Å². The summed E-state index contributed by atoms with van der Waals surface area (Å²) in [6.45, 7) is 4.07. The third-order valence-electron chi connectivity index (χ3n) is 5.70. The van der Waals surface area contributed by atoms with E-state index in [-0.39, 0.29) is 36.5 Å². The van der Waals surface area contributed by atoms with Gasteiger partial charge in [-0.3, -0.25) is 9.69 Å². The van der Waals surface area contributed by atoms with E-state index in [0.29, 0.717) is 19.6 Å². The van der Waals surface area contributed by atoms with Crippen molar-refractivity contribution in [2.45, 2.75) is 50.7 Å². The Labute approximate surface area is 164 Å². The second-order valence-electron chi connectivity index (χ2n) is 7.64. The van der Waals surface area contributed by atoms with Gasteiger partial charge in [0.2, 0.25) is 0 Å². The summed E-state index contributed by atoms with van der Waals surface area (Å²) in [4.78, 5) is 27.1. The van der Waals surface area contributed by atoms with Crippen molar-refractivity contribution in [2.24, 2.45) is 0 Å². The number of hydrogen-bond acceptors (Lipinski definition) is 4. The van der Waals surface area contributed by atoms with Crippen molar-refractivity contribution in [1.29, 1.82) is 0 Å². The molecule has 0 unspecified atom stereocenters. The molecule has 3 N–H and O–H groups in total. The Morgan fingerprint density at radius 2 is 1.82 bits per heavy atom. The maximum absolute atomic E-state index is 13.0. The van der Waals surface area contributed by atoms with E-state index in [1.165, 1.54) is 12.1 Å². The van der Waals surface area contributed by atoms with E-state index in [2.05, 4.69) is 10.6 Å². The maximum Gasteiger partial charge on any atom is 0.317 e. The van der Waals surface area contributed by atoms with Gasteiger partial charge in [0.25, 0.3) is 0 Å². The molecule has 1 heterocycles. The van der Waals surface area contributed by atoms with Crippen LogP contribution in [0.5, 0.6) is 0 Å². The van der Waals surface area contributed by atoms with Gasteiger partial charge in [-0.1, -0.05) is 6.92 Å². The zero-order chi connectivity index (χ0) is 20.1. The number of carbonyl (C=O) groups is 2. The van der Waals surface area contributed by atoms with Crippen molar-refractivity contribution in [3.63, 3.8) is 0 Å². The Kier molecular flexibility index (Phi) is 6.72. The van der Waals surface area contributed by atoms with Gasteiger partial charge >= 0.3 is 12.0 Å². The molecule has 7 nitrogen and oxygen atoms in total. The average Bonchev–Trinajstić information content (AvgIpc) is 2.65. The first-order valence-corrected chi connectivity index (χ1v) is 9.98. The maximum atomic E-state index is 13.0. The number of urea groups is 1. The Hall–Kier alpha value is -2.35. The van der Waals surface area contributed by atoms with Gasteiger partial charge in [0.15, 0.2) is 0 Å². The highest BCUT2D eigenvalue weighted by Crippen LogP contribution is 2.26. The number of likely N-dealkylation sites (tertiary alicyclic amines) is 1. The van der Waals surface area contributed by atoms with Crippen molar-refractivity contribution in [3.05, 3.63) is 30.1 Å². The van der Waals surface area contributed by atoms with Crippen molar-refractivity contribution in [3.8, 4) is 0 Å². The Bertz CT molecular complexity index is 671. The van der Waals surface area contributed by atoms with Crippen molar-refractivity contribution in [2.75, 3.05) is 31.5 Å². The second-order valence-corrected chi connectivity index (χ2v) is 7.64. The molecule has 1 aromatic rings. The summed E-state index contributed by atoms with van der Waals surface area (Å²) < 4.78 is 13.0. The summed E-state index contributed by atoms with van der Waals surface area (Å²) in [5, 5.41) is 15.4. The van der Waals surface area contributed by atoms with Crippen molar-refractivity contribution < 1.29 is 19.1 Å². The van der Waals surface area contributed by atoms with E-state index in [9.17, 15) is 14.0 Å². The zero-order valence-corrected chi connectivity index (χ0v) is 16.2. The van der Waals surface area contributed by atoms with Crippen LogP contribution in [0.4, 0.5) is 14.9 Å². The smallest absolute Gasteiger partial charge is 0.317 e. The summed E-state index contributed by atoms with van der Waals surface area (Å²) in [6.07, 6.45) is 3.30. The molecule has 28 heavy (non-hydrogen) atoms. The molecule has 154 valence electrons. The normalized spacial score (nSPS) is 22.6. The lowest BCUT2D eigenvalue weighted by Gasteiger charge is -2.43. The zero-order valence-electron chi connectivity index (χ0n) is 16.2. The molecule has 0 spiro atoms. The molecule has 1 saturated heterocycles. The molecule has 1 saturated carbocycles. The number of anilines is 1. The highest BCUT2D eigenvalue weighted by Gasteiger charge is 2.35. The van der Waals surface area contributed by atoms with Crippen LogP contribution in [0, 0.1) is 5.82 Å². The van der Waals surface area contributed by atoms with Crippen LogP contribution in [-0.2, 0) is 4.79 Å². The van der Waals surface area contributed by atoms with Crippen LogP contribution in [-0.4, -0.2) is 71.2 Å². The molecule has 0 aromatic heterocycles. The molecular formula is C20H29FN4O3. The van der Waals surface area contributed by atoms with Crippen LogP contribution >= 0.6 is 0 Å². The number of nitrogens with zero attached hydrogens (tertiary/aromatic N) is 2. The molecule has 0 radical (unpaired) electrons. The third kappa shape index (κ3) is 5.34. The standard InChI is InChI=1S/C20H29FN4O3/c1-2-24(13-19(26)27)18-11-17(12-18)23-20(28)25-9-7-16(8-10-25)22-15-5-3-14(21)4-6-15/h3-6,16-18,22H,2,7-13H2,1H3,(H,23,28)(H,26,27). The van der Waals surface area contributed by atoms with Crippen molar-refractivity contribution >= 4 is 17.7 Å². The number of likely N-dealkylation sites (N-methyl/N-ethyl adjacent to an activating group) is 1. The van der Waals surface area contributed by atoms with Crippen LogP contribution in [0.1, 0.15) is 32.6 Å². The lowest BCUT2D eigenvalue weighted by molar-refractivity contribution is -0.139. The number of piperidine rings is 1. The molecule has 8 heteroatoms. The Morgan fingerprint density at radius 1 is 1.18 bits per heavy atom.